The van der Waals surface area contributed by atoms with Gasteiger partial charge in [0.05, 0.1) is 24.4 Å². The summed E-state index contributed by atoms with van der Waals surface area (Å²) in [5.74, 6) is 1.16. The molecule has 2 N–H and O–H groups in total. The number of aliphatic hydroxyl groups is 2. The number of morpholine rings is 1. The first-order chi connectivity index (χ1) is 9.93. The maximum absolute atomic E-state index is 10.3. The Labute approximate surface area is 129 Å². The predicted octanol–water partition coefficient (Wildman–Crippen LogP) is 2.04. The van der Waals surface area contributed by atoms with Crippen LogP contribution in [0.2, 0.25) is 0 Å². The molecule has 1 saturated heterocycles. The average molecular weight is 299 g/mol. The summed E-state index contributed by atoms with van der Waals surface area (Å²) in [6.07, 6.45) is 5.56. The summed E-state index contributed by atoms with van der Waals surface area (Å²) in [6, 6.07) is 0. The van der Waals surface area contributed by atoms with E-state index in [1.807, 2.05) is 0 Å². The minimum atomic E-state index is -0.214. The molecule has 124 valence electrons. The maximum atomic E-state index is 10.3. The first kappa shape index (κ1) is 17.2. The molecule has 2 fully saturated rings. The zero-order valence-electron chi connectivity index (χ0n) is 13.9. The molecule has 2 aliphatic rings. The molecule has 0 spiro atoms. The average Bonchev–Trinajstić information content (AvgIpc) is 2.41. The molecule has 0 aromatic heterocycles. The second-order valence-corrected chi connectivity index (χ2v) is 7.67. The van der Waals surface area contributed by atoms with E-state index in [0.717, 1.165) is 38.4 Å². The van der Waals surface area contributed by atoms with Crippen molar-refractivity contribution in [2.24, 2.45) is 11.8 Å². The number of hydrogen-bond donors (Lipinski definition) is 2. The van der Waals surface area contributed by atoms with Gasteiger partial charge in [0, 0.05) is 19.6 Å². The van der Waals surface area contributed by atoms with Gasteiger partial charge in [0.25, 0.3) is 0 Å². The Balaban J connectivity index is 1.92. The van der Waals surface area contributed by atoms with E-state index >= 15 is 0 Å². The normalized spacial score (nSPS) is 37.6. The van der Waals surface area contributed by atoms with E-state index in [1.165, 1.54) is 19.3 Å². The Morgan fingerprint density at radius 2 is 2.05 bits per heavy atom. The van der Waals surface area contributed by atoms with Crippen LogP contribution in [-0.4, -0.2) is 59.2 Å². The summed E-state index contributed by atoms with van der Waals surface area (Å²) in [5.41, 5.74) is -0.214. The molecule has 0 amide bonds. The van der Waals surface area contributed by atoms with Crippen molar-refractivity contribution < 1.29 is 14.9 Å². The lowest BCUT2D eigenvalue weighted by Crippen LogP contribution is -2.55. The van der Waals surface area contributed by atoms with Crippen LogP contribution in [0.4, 0.5) is 0 Å². The van der Waals surface area contributed by atoms with Crippen molar-refractivity contribution in [3.63, 3.8) is 0 Å². The Morgan fingerprint density at radius 3 is 2.71 bits per heavy atom. The molecule has 4 heteroatoms. The topological polar surface area (TPSA) is 52.9 Å². The summed E-state index contributed by atoms with van der Waals surface area (Å²) in [7, 11) is 0. The third kappa shape index (κ3) is 4.92. The van der Waals surface area contributed by atoms with Gasteiger partial charge in [-0.3, -0.25) is 4.90 Å². The quantitative estimate of drug-likeness (QED) is 0.816. The first-order valence-electron chi connectivity index (χ1n) is 8.62. The van der Waals surface area contributed by atoms with E-state index in [2.05, 4.69) is 25.7 Å². The molecule has 4 unspecified atom stereocenters. The van der Waals surface area contributed by atoms with E-state index in [1.54, 1.807) is 0 Å². The van der Waals surface area contributed by atoms with Crippen molar-refractivity contribution in [3.05, 3.63) is 0 Å². The molecule has 0 radical (unpaired) electrons. The molecular formula is C17H33NO3. The van der Waals surface area contributed by atoms with Crippen molar-refractivity contribution in [2.45, 2.75) is 70.7 Å². The van der Waals surface area contributed by atoms with Gasteiger partial charge in [0.1, 0.15) is 0 Å². The zero-order valence-corrected chi connectivity index (χ0v) is 13.9. The van der Waals surface area contributed by atoms with Gasteiger partial charge >= 0.3 is 0 Å². The van der Waals surface area contributed by atoms with Crippen LogP contribution in [0.3, 0.4) is 0 Å². The van der Waals surface area contributed by atoms with Gasteiger partial charge in [-0.1, -0.05) is 19.8 Å². The van der Waals surface area contributed by atoms with Gasteiger partial charge in [-0.05, 0) is 44.9 Å². The van der Waals surface area contributed by atoms with Crippen LogP contribution in [0.25, 0.3) is 0 Å². The zero-order chi connectivity index (χ0) is 15.5. The third-order valence-electron chi connectivity index (χ3n) is 5.00. The Morgan fingerprint density at radius 1 is 1.29 bits per heavy atom. The number of nitrogens with zero attached hydrogens (tertiary/aromatic N) is 1. The molecule has 0 bridgehead atoms. The van der Waals surface area contributed by atoms with Gasteiger partial charge in [-0.15, -0.1) is 0 Å². The predicted molar refractivity (Wildman–Crippen MR) is 84.2 cm³/mol. The van der Waals surface area contributed by atoms with E-state index in [9.17, 15) is 10.2 Å². The summed E-state index contributed by atoms with van der Waals surface area (Å²) in [6.45, 7) is 9.08. The van der Waals surface area contributed by atoms with Crippen molar-refractivity contribution in [1.82, 2.24) is 4.90 Å². The number of hydrogen-bond acceptors (Lipinski definition) is 4. The highest BCUT2D eigenvalue weighted by molar-refractivity contribution is 4.88. The minimum Gasteiger partial charge on any atom is -0.394 e. The monoisotopic (exact) mass is 299 g/mol. The Hall–Kier alpha value is -0.160. The lowest BCUT2D eigenvalue weighted by atomic mass is 9.77. The SMILES string of the molecule is CCCC1CCC(O)C(CN2CC(CO)OC(C)(C)C2)C1. The van der Waals surface area contributed by atoms with Crippen molar-refractivity contribution in [3.8, 4) is 0 Å². The van der Waals surface area contributed by atoms with Gasteiger partial charge in [0.15, 0.2) is 0 Å². The summed E-state index contributed by atoms with van der Waals surface area (Å²) >= 11 is 0. The van der Waals surface area contributed by atoms with E-state index < -0.39 is 0 Å². The molecule has 1 aliphatic carbocycles. The van der Waals surface area contributed by atoms with Crippen molar-refractivity contribution >= 4 is 0 Å². The standard InChI is InChI=1S/C17H33NO3/c1-4-5-13-6-7-16(20)14(8-13)9-18-10-15(11-19)21-17(2,3)12-18/h13-16,19-20H,4-12H2,1-3H3. The molecular weight excluding hydrogens is 266 g/mol. The Kier molecular flexibility index (Phi) is 6.06. The van der Waals surface area contributed by atoms with E-state index in [4.69, 9.17) is 4.74 Å². The van der Waals surface area contributed by atoms with Crippen LogP contribution in [0.1, 0.15) is 52.9 Å². The van der Waals surface area contributed by atoms with Crippen LogP contribution >= 0.6 is 0 Å². The molecule has 1 saturated carbocycles. The van der Waals surface area contributed by atoms with Crippen molar-refractivity contribution in [2.75, 3.05) is 26.2 Å². The van der Waals surface area contributed by atoms with E-state index in [-0.39, 0.29) is 24.4 Å². The molecule has 4 nitrogen and oxygen atoms in total. The Bertz CT molecular complexity index is 321. The van der Waals surface area contributed by atoms with Crippen LogP contribution < -0.4 is 0 Å². The molecule has 1 aliphatic heterocycles. The largest absolute Gasteiger partial charge is 0.394 e. The highest BCUT2D eigenvalue weighted by Crippen LogP contribution is 2.33. The smallest absolute Gasteiger partial charge is 0.0940 e. The second-order valence-electron chi connectivity index (χ2n) is 7.67. The second kappa shape index (κ2) is 7.40. The van der Waals surface area contributed by atoms with Gasteiger partial charge in [0.2, 0.25) is 0 Å². The van der Waals surface area contributed by atoms with Crippen LogP contribution in [-0.2, 0) is 4.74 Å². The van der Waals surface area contributed by atoms with Gasteiger partial charge in [-0.2, -0.15) is 0 Å². The first-order valence-corrected chi connectivity index (χ1v) is 8.62. The molecule has 2 rings (SSSR count). The van der Waals surface area contributed by atoms with Gasteiger partial charge in [-0.25, -0.2) is 0 Å². The minimum absolute atomic E-state index is 0.0750. The fourth-order valence-electron chi connectivity index (χ4n) is 4.19. The highest BCUT2D eigenvalue weighted by Gasteiger charge is 2.36. The number of rotatable bonds is 5. The fourth-order valence-corrected chi connectivity index (χ4v) is 4.19. The van der Waals surface area contributed by atoms with Crippen molar-refractivity contribution in [1.29, 1.82) is 0 Å². The summed E-state index contributed by atoms with van der Waals surface area (Å²) < 4.78 is 5.87. The molecule has 1 heterocycles. The maximum Gasteiger partial charge on any atom is 0.0940 e. The summed E-state index contributed by atoms with van der Waals surface area (Å²) in [5, 5.41) is 19.7. The van der Waals surface area contributed by atoms with E-state index in [0.29, 0.717) is 5.92 Å². The molecule has 0 aromatic rings. The molecule has 21 heavy (non-hydrogen) atoms. The lowest BCUT2D eigenvalue weighted by molar-refractivity contribution is -0.154. The van der Waals surface area contributed by atoms with Crippen LogP contribution in [0, 0.1) is 11.8 Å². The third-order valence-corrected chi connectivity index (χ3v) is 5.00. The van der Waals surface area contributed by atoms with Gasteiger partial charge < -0.3 is 14.9 Å². The molecule has 4 atom stereocenters. The summed E-state index contributed by atoms with van der Waals surface area (Å²) in [4.78, 5) is 2.38. The molecule has 0 aromatic carbocycles. The highest BCUT2D eigenvalue weighted by atomic mass is 16.5. The van der Waals surface area contributed by atoms with Crippen LogP contribution in [0.15, 0.2) is 0 Å². The number of aliphatic hydroxyl groups excluding tert-OH is 2. The number of ether oxygens (including phenoxy) is 1. The fraction of sp³-hybridized carbons (Fsp3) is 1.00. The van der Waals surface area contributed by atoms with Crippen LogP contribution in [0.5, 0.6) is 0 Å². The lowest BCUT2D eigenvalue weighted by Gasteiger charge is -2.45.